The Labute approximate surface area is 105 Å². The molecule has 18 heavy (non-hydrogen) atoms. The molecule has 2 rings (SSSR count). The lowest BCUT2D eigenvalue weighted by Gasteiger charge is -2.00. The average molecular weight is 245 g/mol. The number of aryl methyl sites for hydroxylation is 1. The third-order valence-electron chi connectivity index (χ3n) is 2.45. The average Bonchev–Trinajstić information content (AvgIpc) is 2.86. The van der Waals surface area contributed by atoms with Crippen molar-refractivity contribution in [2.75, 3.05) is 13.1 Å². The molecule has 0 saturated carbocycles. The molecule has 6 nitrogen and oxygen atoms in total. The first-order chi connectivity index (χ1) is 8.70. The minimum atomic E-state index is -0.265. The molecule has 0 unspecified atom stereocenters. The van der Waals surface area contributed by atoms with Crippen LogP contribution in [0.5, 0.6) is 0 Å². The fraction of sp³-hybridized carbons (Fsp3) is 0.250. The van der Waals surface area contributed by atoms with Crippen molar-refractivity contribution in [3.63, 3.8) is 0 Å². The van der Waals surface area contributed by atoms with Crippen LogP contribution < -0.4 is 11.1 Å². The van der Waals surface area contributed by atoms with Gasteiger partial charge >= 0.3 is 0 Å². The van der Waals surface area contributed by atoms with Crippen molar-refractivity contribution < 1.29 is 4.79 Å². The van der Waals surface area contributed by atoms with Gasteiger partial charge in [0.25, 0.3) is 5.91 Å². The summed E-state index contributed by atoms with van der Waals surface area (Å²) in [5.74, 6) is -0.265. The van der Waals surface area contributed by atoms with E-state index in [-0.39, 0.29) is 11.6 Å². The van der Waals surface area contributed by atoms with Crippen LogP contribution in [0.4, 0.5) is 0 Å². The molecule has 1 aromatic heterocycles. The van der Waals surface area contributed by atoms with Gasteiger partial charge in [0, 0.05) is 13.1 Å². The van der Waals surface area contributed by atoms with Gasteiger partial charge in [-0.1, -0.05) is 22.9 Å². The Bertz CT molecular complexity index is 532. The molecule has 0 bridgehead atoms. The SMILES string of the molecule is Cc1ccc(-n2cc(C(=O)NCCN)nn2)cc1. The molecule has 0 atom stereocenters. The van der Waals surface area contributed by atoms with Crippen LogP contribution in [0.25, 0.3) is 5.69 Å². The quantitative estimate of drug-likeness (QED) is 0.809. The monoisotopic (exact) mass is 245 g/mol. The number of nitrogens with two attached hydrogens (primary N) is 1. The standard InChI is InChI=1S/C12H15N5O/c1-9-2-4-10(5-3-9)17-8-11(15-16-17)12(18)14-7-6-13/h2-5,8H,6-7,13H2,1H3,(H,14,18). The van der Waals surface area contributed by atoms with Gasteiger partial charge in [-0.05, 0) is 19.1 Å². The number of carbonyl (C=O) groups is 1. The number of hydrogen-bond acceptors (Lipinski definition) is 4. The van der Waals surface area contributed by atoms with Gasteiger partial charge in [0.1, 0.15) is 0 Å². The molecule has 0 fully saturated rings. The van der Waals surface area contributed by atoms with E-state index in [1.807, 2.05) is 31.2 Å². The molecular formula is C12H15N5O. The third kappa shape index (κ3) is 2.72. The molecule has 0 spiro atoms. The molecule has 0 aliphatic rings. The summed E-state index contributed by atoms with van der Waals surface area (Å²) in [4.78, 5) is 11.6. The largest absolute Gasteiger partial charge is 0.349 e. The minimum Gasteiger partial charge on any atom is -0.349 e. The molecular weight excluding hydrogens is 230 g/mol. The Balaban J connectivity index is 2.15. The molecule has 3 N–H and O–H groups in total. The second-order valence-corrected chi connectivity index (χ2v) is 3.93. The number of aromatic nitrogens is 3. The van der Waals surface area contributed by atoms with Crippen molar-refractivity contribution in [2.24, 2.45) is 5.73 Å². The maximum absolute atomic E-state index is 11.6. The number of hydrogen-bond donors (Lipinski definition) is 2. The van der Waals surface area contributed by atoms with Crippen LogP contribution in [-0.4, -0.2) is 34.0 Å². The first kappa shape index (κ1) is 12.3. The van der Waals surface area contributed by atoms with Crippen LogP contribution in [-0.2, 0) is 0 Å². The van der Waals surface area contributed by atoms with Crippen molar-refractivity contribution in [2.45, 2.75) is 6.92 Å². The van der Waals surface area contributed by atoms with Gasteiger partial charge in [0.05, 0.1) is 11.9 Å². The highest BCUT2D eigenvalue weighted by molar-refractivity contribution is 5.91. The number of amides is 1. The normalized spacial score (nSPS) is 10.3. The summed E-state index contributed by atoms with van der Waals surface area (Å²) >= 11 is 0. The molecule has 0 radical (unpaired) electrons. The first-order valence-corrected chi connectivity index (χ1v) is 5.68. The van der Waals surface area contributed by atoms with Gasteiger partial charge in [-0.25, -0.2) is 4.68 Å². The summed E-state index contributed by atoms with van der Waals surface area (Å²) in [5, 5.41) is 10.4. The summed E-state index contributed by atoms with van der Waals surface area (Å²) in [7, 11) is 0. The maximum Gasteiger partial charge on any atom is 0.273 e. The highest BCUT2D eigenvalue weighted by Gasteiger charge is 2.10. The lowest BCUT2D eigenvalue weighted by atomic mass is 10.2. The van der Waals surface area contributed by atoms with Crippen molar-refractivity contribution in [3.8, 4) is 5.69 Å². The van der Waals surface area contributed by atoms with Crippen LogP contribution in [0, 0.1) is 6.92 Å². The van der Waals surface area contributed by atoms with Crippen molar-refractivity contribution in [3.05, 3.63) is 41.7 Å². The Kier molecular flexibility index (Phi) is 3.69. The topological polar surface area (TPSA) is 85.8 Å². The molecule has 1 aromatic carbocycles. The Morgan fingerprint density at radius 3 is 2.78 bits per heavy atom. The van der Waals surface area contributed by atoms with Crippen LogP contribution in [0.15, 0.2) is 30.5 Å². The molecule has 6 heteroatoms. The molecule has 2 aromatic rings. The van der Waals surface area contributed by atoms with Gasteiger partial charge in [0.2, 0.25) is 0 Å². The number of benzene rings is 1. The Morgan fingerprint density at radius 2 is 2.11 bits per heavy atom. The highest BCUT2D eigenvalue weighted by atomic mass is 16.2. The summed E-state index contributed by atoms with van der Waals surface area (Å²) in [5.41, 5.74) is 7.62. The van der Waals surface area contributed by atoms with Gasteiger partial charge in [-0.3, -0.25) is 4.79 Å². The number of rotatable bonds is 4. The molecule has 94 valence electrons. The van der Waals surface area contributed by atoms with Gasteiger partial charge < -0.3 is 11.1 Å². The van der Waals surface area contributed by atoms with E-state index in [1.54, 1.807) is 10.9 Å². The second-order valence-electron chi connectivity index (χ2n) is 3.93. The van der Waals surface area contributed by atoms with Gasteiger partial charge in [-0.2, -0.15) is 0 Å². The van der Waals surface area contributed by atoms with E-state index in [9.17, 15) is 4.79 Å². The van der Waals surface area contributed by atoms with Crippen LogP contribution >= 0.6 is 0 Å². The highest BCUT2D eigenvalue weighted by Crippen LogP contribution is 2.08. The summed E-state index contributed by atoms with van der Waals surface area (Å²) < 4.78 is 1.57. The fourth-order valence-corrected chi connectivity index (χ4v) is 1.47. The number of nitrogens with zero attached hydrogens (tertiary/aromatic N) is 3. The maximum atomic E-state index is 11.6. The predicted molar refractivity (Wildman–Crippen MR) is 67.5 cm³/mol. The molecule has 0 saturated heterocycles. The van der Waals surface area contributed by atoms with Crippen LogP contribution in [0.3, 0.4) is 0 Å². The van der Waals surface area contributed by atoms with Gasteiger partial charge in [-0.15, -0.1) is 5.10 Å². The fourth-order valence-electron chi connectivity index (χ4n) is 1.47. The summed E-state index contributed by atoms with van der Waals surface area (Å²) in [6.45, 7) is 2.84. The van der Waals surface area contributed by atoms with Crippen molar-refractivity contribution in [1.82, 2.24) is 20.3 Å². The Morgan fingerprint density at radius 1 is 1.39 bits per heavy atom. The van der Waals surface area contributed by atoms with E-state index in [4.69, 9.17) is 5.73 Å². The number of nitrogens with one attached hydrogen (secondary N) is 1. The minimum absolute atomic E-state index is 0.265. The molecule has 0 aliphatic carbocycles. The van der Waals surface area contributed by atoms with E-state index in [0.717, 1.165) is 5.69 Å². The molecule has 1 amide bonds. The number of carbonyl (C=O) groups excluding carboxylic acids is 1. The summed E-state index contributed by atoms with van der Waals surface area (Å²) in [6, 6.07) is 7.80. The van der Waals surface area contributed by atoms with E-state index >= 15 is 0 Å². The van der Waals surface area contributed by atoms with Crippen molar-refractivity contribution in [1.29, 1.82) is 0 Å². The van der Waals surface area contributed by atoms with Gasteiger partial charge in [0.15, 0.2) is 5.69 Å². The van der Waals surface area contributed by atoms with E-state index in [0.29, 0.717) is 13.1 Å². The zero-order chi connectivity index (χ0) is 13.0. The summed E-state index contributed by atoms with van der Waals surface area (Å²) in [6.07, 6.45) is 1.59. The van der Waals surface area contributed by atoms with Crippen LogP contribution in [0.2, 0.25) is 0 Å². The predicted octanol–water partition coefficient (Wildman–Crippen LogP) is 0.264. The lowest BCUT2D eigenvalue weighted by Crippen LogP contribution is -2.29. The van der Waals surface area contributed by atoms with E-state index < -0.39 is 0 Å². The van der Waals surface area contributed by atoms with E-state index in [2.05, 4.69) is 15.6 Å². The zero-order valence-corrected chi connectivity index (χ0v) is 10.1. The Hall–Kier alpha value is -2.21. The second kappa shape index (κ2) is 5.42. The lowest BCUT2D eigenvalue weighted by molar-refractivity contribution is 0.0949. The van der Waals surface area contributed by atoms with Crippen molar-refractivity contribution >= 4 is 5.91 Å². The first-order valence-electron chi connectivity index (χ1n) is 5.68. The zero-order valence-electron chi connectivity index (χ0n) is 10.1. The molecule has 1 heterocycles. The third-order valence-corrected chi connectivity index (χ3v) is 2.45. The molecule has 0 aliphatic heterocycles. The van der Waals surface area contributed by atoms with E-state index in [1.165, 1.54) is 5.56 Å². The van der Waals surface area contributed by atoms with Crippen LogP contribution in [0.1, 0.15) is 16.1 Å². The smallest absolute Gasteiger partial charge is 0.273 e.